The molecular weight excluding hydrogens is 318 g/mol. The summed E-state index contributed by atoms with van der Waals surface area (Å²) in [6.45, 7) is 0.507. The summed E-state index contributed by atoms with van der Waals surface area (Å²) in [6.07, 6.45) is 5.67. The molecule has 3 N–H and O–H groups in total. The smallest absolute Gasteiger partial charge is 0.254 e. The molecule has 25 heavy (non-hydrogen) atoms. The van der Waals surface area contributed by atoms with Crippen molar-refractivity contribution < 1.29 is 14.3 Å². The van der Waals surface area contributed by atoms with E-state index in [9.17, 15) is 9.59 Å². The maximum atomic E-state index is 12.6. The first-order valence-electron chi connectivity index (χ1n) is 9.16. The van der Waals surface area contributed by atoms with Gasteiger partial charge in [0.15, 0.2) is 0 Å². The van der Waals surface area contributed by atoms with Crippen molar-refractivity contribution >= 4 is 17.5 Å². The maximum absolute atomic E-state index is 12.6. The number of fused-ring (bicyclic) bond motifs is 1. The summed E-state index contributed by atoms with van der Waals surface area (Å²) in [5, 5.41) is 3.13. The topological polar surface area (TPSA) is 84.7 Å². The molecule has 5 aliphatic rings. The zero-order valence-corrected chi connectivity index (χ0v) is 14.2. The zero-order chi connectivity index (χ0) is 17.2. The molecule has 6 heteroatoms. The Morgan fingerprint density at radius 2 is 2.04 bits per heavy atom. The summed E-state index contributed by atoms with van der Waals surface area (Å²) in [6, 6.07) is 5.28. The van der Waals surface area contributed by atoms with Crippen molar-refractivity contribution in [3.63, 3.8) is 0 Å². The second-order valence-corrected chi connectivity index (χ2v) is 8.21. The van der Waals surface area contributed by atoms with Crippen LogP contribution in [0.5, 0.6) is 0 Å². The lowest BCUT2D eigenvalue weighted by Gasteiger charge is -2.56. The Hall–Kier alpha value is -2.08. The Kier molecular flexibility index (Phi) is 3.17. The minimum absolute atomic E-state index is 0.0680. The van der Waals surface area contributed by atoms with Crippen LogP contribution >= 0.6 is 0 Å². The molecule has 2 saturated heterocycles. The quantitative estimate of drug-likeness (QED) is 0.819. The predicted octanol–water partition coefficient (Wildman–Crippen LogP) is 1.65. The highest BCUT2D eigenvalue weighted by molar-refractivity contribution is 6.00. The molecule has 2 saturated carbocycles. The summed E-state index contributed by atoms with van der Waals surface area (Å²) in [7, 11) is 0. The lowest BCUT2D eigenvalue weighted by atomic mass is 9.65. The van der Waals surface area contributed by atoms with E-state index in [0.717, 1.165) is 31.2 Å². The van der Waals surface area contributed by atoms with Crippen LogP contribution in [0.2, 0.25) is 0 Å². The van der Waals surface area contributed by atoms with Crippen molar-refractivity contribution in [3.8, 4) is 0 Å². The van der Waals surface area contributed by atoms with Gasteiger partial charge >= 0.3 is 0 Å². The highest BCUT2D eigenvalue weighted by Crippen LogP contribution is 2.51. The first kappa shape index (κ1) is 15.2. The number of nitrogens with two attached hydrogens (primary N) is 1. The monoisotopic (exact) mass is 341 g/mol. The highest BCUT2D eigenvalue weighted by Gasteiger charge is 2.52. The van der Waals surface area contributed by atoms with Gasteiger partial charge < -0.3 is 20.7 Å². The molecule has 3 aliphatic heterocycles. The molecule has 4 bridgehead atoms. The van der Waals surface area contributed by atoms with Crippen molar-refractivity contribution in [2.24, 2.45) is 11.8 Å². The lowest BCUT2D eigenvalue weighted by Crippen LogP contribution is -2.63. The average molecular weight is 341 g/mol. The maximum Gasteiger partial charge on any atom is 0.254 e. The first-order valence-corrected chi connectivity index (χ1v) is 9.16. The van der Waals surface area contributed by atoms with Crippen LogP contribution in [0.25, 0.3) is 0 Å². The van der Waals surface area contributed by atoms with Crippen LogP contribution in [0, 0.1) is 11.8 Å². The molecule has 6 rings (SSSR count). The van der Waals surface area contributed by atoms with E-state index >= 15 is 0 Å². The zero-order valence-electron chi connectivity index (χ0n) is 14.2. The van der Waals surface area contributed by atoms with E-state index in [4.69, 9.17) is 10.5 Å². The molecule has 2 amide bonds. The summed E-state index contributed by atoms with van der Waals surface area (Å²) in [4.78, 5) is 26.7. The van der Waals surface area contributed by atoms with Crippen molar-refractivity contribution in [1.29, 1.82) is 0 Å². The number of amides is 2. The average Bonchev–Trinajstić information content (AvgIpc) is 2.80. The number of hydrogen-bond donors (Lipinski definition) is 2. The van der Waals surface area contributed by atoms with Gasteiger partial charge in [-0.1, -0.05) is 0 Å². The van der Waals surface area contributed by atoms with Crippen molar-refractivity contribution in [2.45, 2.75) is 50.5 Å². The van der Waals surface area contributed by atoms with E-state index in [1.54, 1.807) is 17.0 Å². The van der Waals surface area contributed by atoms with Crippen LogP contribution in [0.4, 0.5) is 5.69 Å². The van der Waals surface area contributed by atoms with Crippen LogP contribution < -0.4 is 11.1 Å². The summed E-state index contributed by atoms with van der Waals surface area (Å²) >= 11 is 0. The van der Waals surface area contributed by atoms with Crippen LogP contribution in [-0.4, -0.2) is 35.1 Å². The number of anilines is 1. The summed E-state index contributed by atoms with van der Waals surface area (Å²) < 4.78 is 6.20. The van der Waals surface area contributed by atoms with E-state index in [1.807, 2.05) is 6.07 Å². The van der Waals surface area contributed by atoms with Gasteiger partial charge in [-0.25, -0.2) is 0 Å². The third-order valence-electron chi connectivity index (χ3n) is 6.20. The molecule has 2 aliphatic carbocycles. The number of rotatable bonds is 3. The fourth-order valence-corrected chi connectivity index (χ4v) is 5.49. The van der Waals surface area contributed by atoms with Gasteiger partial charge in [-0.3, -0.25) is 9.59 Å². The highest BCUT2D eigenvalue weighted by atomic mass is 16.5. The molecule has 0 spiro atoms. The third kappa shape index (κ3) is 2.51. The van der Waals surface area contributed by atoms with Crippen LogP contribution in [0.15, 0.2) is 18.2 Å². The van der Waals surface area contributed by atoms with Crippen molar-refractivity contribution in [2.75, 3.05) is 12.3 Å². The number of nitrogen functional groups attached to an aromatic ring is 1. The Morgan fingerprint density at radius 3 is 2.76 bits per heavy atom. The molecule has 3 heterocycles. The van der Waals surface area contributed by atoms with Gasteiger partial charge in [0.05, 0.1) is 6.10 Å². The Balaban J connectivity index is 1.27. The second-order valence-electron chi connectivity index (χ2n) is 8.21. The Labute approximate surface area is 146 Å². The van der Waals surface area contributed by atoms with E-state index in [-0.39, 0.29) is 18.4 Å². The summed E-state index contributed by atoms with van der Waals surface area (Å²) in [5.74, 6) is 1.12. The van der Waals surface area contributed by atoms with Gasteiger partial charge in [0, 0.05) is 17.8 Å². The molecule has 1 aromatic rings. The van der Waals surface area contributed by atoms with Gasteiger partial charge in [-0.05, 0) is 67.7 Å². The second kappa shape index (κ2) is 5.21. The fourth-order valence-electron chi connectivity index (χ4n) is 5.49. The van der Waals surface area contributed by atoms with Crippen LogP contribution in [-0.2, 0) is 16.1 Å². The minimum atomic E-state index is -0.494. The number of carbonyl (C=O) groups is 2. The Bertz CT molecular complexity index is 725. The van der Waals surface area contributed by atoms with Crippen molar-refractivity contribution in [3.05, 3.63) is 29.3 Å². The molecule has 4 atom stereocenters. The number of carbonyl (C=O) groups excluding carboxylic acids is 2. The van der Waals surface area contributed by atoms with Gasteiger partial charge in [-0.2, -0.15) is 0 Å². The number of benzene rings is 1. The molecule has 0 radical (unpaired) electrons. The largest absolute Gasteiger partial charge is 0.399 e. The summed E-state index contributed by atoms with van der Waals surface area (Å²) in [5.41, 5.74) is 7.48. The van der Waals surface area contributed by atoms with E-state index < -0.39 is 5.72 Å². The van der Waals surface area contributed by atoms with E-state index in [2.05, 4.69) is 5.32 Å². The minimum Gasteiger partial charge on any atom is -0.399 e. The molecule has 4 fully saturated rings. The predicted molar refractivity (Wildman–Crippen MR) is 91.4 cm³/mol. The number of nitrogens with zero attached hydrogens (tertiary/aromatic N) is 1. The normalized spacial score (nSPS) is 35.1. The van der Waals surface area contributed by atoms with E-state index in [1.165, 1.54) is 6.42 Å². The Morgan fingerprint density at radius 1 is 1.28 bits per heavy atom. The molecule has 132 valence electrons. The molecule has 2 unspecified atom stereocenters. The standard InChI is InChI=1S/C19H23N3O3/c20-14-1-2-16-13(6-14)9-22(18(16)24)10-17(23)21-19-7-11-3-12(8-19)5-15(4-11)25-19/h1-2,6,11-12,15H,3-5,7-10,20H2,(H,21,23)/t11-,12+,15?,19?. The fraction of sp³-hybridized carbons (Fsp3) is 0.579. The van der Waals surface area contributed by atoms with E-state index in [0.29, 0.717) is 35.7 Å². The van der Waals surface area contributed by atoms with Gasteiger partial charge in [0.25, 0.3) is 5.91 Å². The number of hydrogen-bond acceptors (Lipinski definition) is 4. The van der Waals surface area contributed by atoms with Crippen molar-refractivity contribution in [1.82, 2.24) is 10.2 Å². The third-order valence-corrected chi connectivity index (χ3v) is 6.20. The van der Waals surface area contributed by atoms with Crippen LogP contribution in [0.3, 0.4) is 0 Å². The van der Waals surface area contributed by atoms with Gasteiger partial charge in [-0.15, -0.1) is 0 Å². The van der Waals surface area contributed by atoms with Crippen LogP contribution in [0.1, 0.15) is 48.0 Å². The van der Waals surface area contributed by atoms with Gasteiger partial charge in [0.1, 0.15) is 12.3 Å². The first-order chi connectivity index (χ1) is 12.0. The SMILES string of the molecule is Nc1ccc2c(c1)CN(CC(=O)NC13C[C@@H]4CC(C[C@@H](C4)C1)O3)C2=O. The van der Waals surface area contributed by atoms with Gasteiger partial charge in [0.2, 0.25) is 5.91 Å². The molecule has 6 nitrogen and oxygen atoms in total. The molecular formula is C19H23N3O3. The number of ether oxygens (including phenoxy) is 1. The molecule has 0 aromatic heterocycles. The lowest BCUT2D eigenvalue weighted by molar-refractivity contribution is -0.233. The number of nitrogens with one attached hydrogen (secondary N) is 1. The molecule has 1 aromatic carbocycles.